The number of nitrogens with zero attached hydrogens (tertiary/aromatic N) is 1. The maximum absolute atomic E-state index is 11.0. The topological polar surface area (TPSA) is 74.6 Å². The van der Waals surface area contributed by atoms with Gasteiger partial charge in [-0.3, -0.25) is 0 Å². The third kappa shape index (κ3) is 2.50. The van der Waals surface area contributed by atoms with Gasteiger partial charge in [0.25, 0.3) is 0 Å². The van der Waals surface area contributed by atoms with Gasteiger partial charge in [0, 0.05) is 12.1 Å². The maximum atomic E-state index is 11.0. The van der Waals surface area contributed by atoms with Crippen molar-refractivity contribution in [1.29, 1.82) is 0 Å². The number of carbonyl (C=O) groups is 2. The molecular formula is C10H11ClNO4+. The Morgan fingerprint density at radius 1 is 1.56 bits per heavy atom. The molecule has 0 fully saturated rings. The largest absolute Gasteiger partial charge is 0.506 e. The number of carboxylic acids is 1. The molecule has 6 heteroatoms. The van der Waals surface area contributed by atoms with Gasteiger partial charge in [-0.25, -0.2) is 14.1 Å². The predicted molar refractivity (Wildman–Crippen MR) is 59.4 cm³/mol. The lowest BCUT2D eigenvalue weighted by atomic mass is 10.2. The van der Waals surface area contributed by atoms with Crippen LogP contribution in [-0.4, -0.2) is 36.2 Å². The molecule has 0 saturated heterocycles. The molecule has 0 aliphatic rings. The van der Waals surface area contributed by atoms with Crippen molar-refractivity contribution < 1.29 is 19.8 Å². The van der Waals surface area contributed by atoms with Gasteiger partial charge in [-0.1, -0.05) is 11.6 Å². The van der Waals surface area contributed by atoms with Crippen LogP contribution < -0.4 is 4.48 Å². The van der Waals surface area contributed by atoms with Gasteiger partial charge >= 0.3 is 12.4 Å². The van der Waals surface area contributed by atoms with Crippen LogP contribution in [0.25, 0.3) is 0 Å². The van der Waals surface area contributed by atoms with E-state index in [0.717, 1.165) is 0 Å². The minimum atomic E-state index is -1.10. The van der Waals surface area contributed by atoms with Crippen LogP contribution in [0.15, 0.2) is 18.2 Å². The Morgan fingerprint density at radius 2 is 2.19 bits per heavy atom. The molecule has 0 aliphatic heterocycles. The average molecular weight is 245 g/mol. The first-order valence-corrected chi connectivity index (χ1v) is 4.79. The number of amides is 1. The third-order valence-corrected chi connectivity index (χ3v) is 2.52. The Kier molecular flexibility index (Phi) is 3.51. The molecule has 0 spiro atoms. The van der Waals surface area contributed by atoms with Crippen LogP contribution in [0, 0.1) is 0 Å². The van der Waals surface area contributed by atoms with Crippen LogP contribution in [0.4, 0.5) is 5.69 Å². The smallest absolute Gasteiger partial charge is 0.360 e. The number of hydrogen-bond acceptors (Lipinski definition) is 3. The number of aliphatic carboxylic acids is 1. The third-order valence-electron chi connectivity index (χ3n) is 2.22. The number of likely N-dealkylation sites (N-methyl/N-ethyl adjacent to an activating group) is 1. The zero-order chi connectivity index (χ0) is 12.3. The van der Waals surface area contributed by atoms with E-state index in [2.05, 4.69) is 0 Å². The number of benzene rings is 1. The number of quaternary nitrogens is 1. The highest BCUT2D eigenvalue weighted by atomic mass is 35.5. The van der Waals surface area contributed by atoms with E-state index in [1.165, 1.54) is 25.2 Å². The standard InChI is InChI=1S/C10H10ClNO4/c1-12(6-13,5-10(15)16)7-2-3-9(14)8(11)4-7/h2-4,6H,5H2,1H3,(H-,14,15,16)/p+1. The summed E-state index contributed by atoms with van der Waals surface area (Å²) in [6.45, 7) is -0.384. The molecule has 0 aromatic heterocycles. The van der Waals surface area contributed by atoms with E-state index in [1.54, 1.807) is 0 Å². The molecule has 0 saturated carbocycles. The Bertz CT molecular complexity index is 435. The summed E-state index contributed by atoms with van der Waals surface area (Å²) in [5.41, 5.74) is 0.403. The van der Waals surface area contributed by atoms with E-state index >= 15 is 0 Å². The Labute approximate surface area is 97.1 Å². The molecule has 0 radical (unpaired) electrons. The molecule has 2 N–H and O–H groups in total. The van der Waals surface area contributed by atoms with E-state index in [9.17, 15) is 14.7 Å². The van der Waals surface area contributed by atoms with Crippen LogP contribution in [-0.2, 0) is 9.59 Å². The lowest BCUT2D eigenvalue weighted by Crippen LogP contribution is -2.47. The number of hydrogen-bond donors (Lipinski definition) is 2. The number of carboxylic acid groups (broad SMARTS) is 1. The molecule has 0 heterocycles. The van der Waals surface area contributed by atoms with Gasteiger partial charge in [0.2, 0.25) is 0 Å². The summed E-state index contributed by atoms with van der Waals surface area (Å²) in [4.78, 5) is 21.6. The van der Waals surface area contributed by atoms with Crippen molar-refractivity contribution in [2.24, 2.45) is 0 Å². The van der Waals surface area contributed by atoms with Crippen molar-refractivity contribution in [3.63, 3.8) is 0 Å². The van der Waals surface area contributed by atoms with Crippen LogP contribution in [0.2, 0.25) is 5.02 Å². The van der Waals surface area contributed by atoms with Gasteiger partial charge in [-0.2, -0.15) is 0 Å². The molecule has 5 nitrogen and oxygen atoms in total. The van der Waals surface area contributed by atoms with Gasteiger partial charge in [0.1, 0.15) is 11.4 Å². The second kappa shape index (κ2) is 4.51. The average Bonchev–Trinajstić information content (AvgIpc) is 2.21. The fourth-order valence-electron chi connectivity index (χ4n) is 1.28. The summed E-state index contributed by atoms with van der Waals surface area (Å²) in [6, 6.07) is 4.15. The zero-order valence-electron chi connectivity index (χ0n) is 8.55. The molecule has 0 aliphatic carbocycles. The SMILES string of the molecule is C[N+](C=O)(CC(=O)O)c1ccc(O)c(Cl)c1. The quantitative estimate of drug-likeness (QED) is 0.617. The Hall–Kier alpha value is -1.59. The molecular weight excluding hydrogens is 234 g/mol. The predicted octanol–water partition coefficient (Wildman–Crippen LogP) is 1.22. The molecule has 0 bridgehead atoms. The molecule has 1 rings (SSSR count). The first kappa shape index (κ1) is 12.5. The van der Waals surface area contributed by atoms with Crippen molar-refractivity contribution in [3.05, 3.63) is 23.2 Å². The Balaban J connectivity index is 3.17. The fourth-order valence-corrected chi connectivity index (χ4v) is 1.46. The molecule has 16 heavy (non-hydrogen) atoms. The van der Waals surface area contributed by atoms with Crippen molar-refractivity contribution >= 4 is 29.7 Å². The minimum Gasteiger partial charge on any atom is -0.506 e. The van der Waals surface area contributed by atoms with Crippen molar-refractivity contribution in [2.75, 3.05) is 13.6 Å². The van der Waals surface area contributed by atoms with Crippen LogP contribution in [0.5, 0.6) is 5.75 Å². The van der Waals surface area contributed by atoms with Crippen molar-refractivity contribution in [2.45, 2.75) is 0 Å². The van der Waals surface area contributed by atoms with Crippen molar-refractivity contribution in [3.8, 4) is 5.75 Å². The summed E-state index contributed by atoms with van der Waals surface area (Å²) >= 11 is 5.69. The fraction of sp³-hybridized carbons (Fsp3) is 0.200. The molecule has 86 valence electrons. The zero-order valence-corrected chi connectivity index (χ0v) is 9.31. The number of rotatable bonds is 4. The monoisotopic (exact) mass is 244 g/mol. The molecule has 1 amide bonds. The highest BCUT2D eigenvalue weighted by molar-refractivity contribution is 6.32. The first-order chi connectivity index (χ1) is 7.39. The number of phenols is 1. The number of carbonyl (C=O) groups excluding carboxylic acids is 1. The summed E-state index contributed by atoms with van der Waals surface area (Å²) < 4.78 is -0.435. The lowest BCUT2D eigenvalue weighted by molar-refractivity contribution is -0.139. The van der Waals surface area contributed by atoms with Gasteiger partial charge in [0.15, 0.2) is 6.54 Å². The number of aromatic hydroxyl groups is 1. The second-order valence-corrected chi connectivity index (χ2v) is 3.97. The summed E-state index contributed by atoms with van der Waals surface area (Å²) in [5, 5.41) is 18.0. The van der Waals surface area contributed by atoms with Gasteiger partial charge in [0.05, 0.1) is 12.1 Å². The number of halogens is 1. The van der Waals surface area contributed by atoms with Crippen LogP contribution in [0.1, 0.15) is 0 Å². The summed E-state index contributed by atoms with van der Waals surface area (Å²) in [6.07, 6.45) is 0.511. The highest BCUT2D eigenvalue weighted by Crippen LogP contribution is 2.30. The van der Waals surface area contributed by atoms with Gasteiger partial charge in [-0.15, -0.1) is 0 Å². The van der Waals surface area contributed by atoms with E-state index < -0.39 is 10.5 Å². The Morgan fingerprint density at radius 3 is 2.62 bits per heavy atom. The van der Waals surface area contributed by atoms with E-state index in [-0.39, 0.29) is 17.3 Å². The second-order valence-electron chi connectivity index (χ2n) is 3.56. The van der Waals surface area contributed by atoms with Crippen molar-refractivity contribution in [1.82, 2.24) is 4.48 Å². The van der Waals surface area contributed by atoms with Gasteiger partial charge < -0.3 is 10.2 Å². The normalized spacial score (nSPS) is 14.1. The van der Waals surface area contributed by atoms with Gasteiger partial charge in [-0.05, 0) is 6.07 Å². The number of phenolic OH excluding ortho intramolecular Hbond substituents is 1. The molecule has 1 atom stereocenters. The highest BCUT2D eigenvalue weighted by Gasteiger charge is 2.28. The van der Waals surface area contributed by atoms with Crippen LogP contribution in [0.3, 0.4) is 0 Å². The molecule has 1 unspecified atom stereocenters. The molecule has 1 aromatic carbocycles. The van der Waals surface area contributed by atoms with E-state index in [4.69, 9.17) is 16.7 Å². The first-order valence-electron chi connectivity index (χ1n) is 4.41. The van der Waals surface area contributed by atoms with E-state index in [1.807, 2.05) is 0 Å². The minimum absolute atomic E-state index is 0.0779. The summed E-state index contributed by atoms with van der Waals surface area (Å²) in [5.74, 6) is -1.21. The maximum Gasteiger partial charge on any atom is 0.360 e. The lowest BCUT2D eigenvalue weighted by Gasteiger charge is -2.24. The molecule has 1 aromatic rings. The van der Waals surface area contributed by atoms with E-state index in [0.29, 0.717) is 12.1 Å². The summed E-state index contributed by atoms with van der Waals surface area (Å²) in [7, 11) is 1.45. The van der Waals surface area contributed by atoms with Crippen LogP contribution >= 0.6 is 11.6 Å².